The molecule has 2 atom stereocenters. The molecule has 0 unspecified atom stereocenters. The molecule has 1 fully saturated rings. The topological polar surface area (TPSA) is 79.4 Å². The van der Waals surface area contributed by atoms with Crippen molar-refractivity contribution in [2.75, 3.05) is 23.3 Å². The van der Waals surface area contributed by atoms with Crippen LogP contribution in [0.5, 0.6) is 0 Å². The molecule has 0 spiro atoms. The van der Waals surface area contributed by atoms with E-state index >= 15 is 0 Å². The fraction of sp³-hybridized carbons (Fsp3) is 0.438. The van der Waals surface area contributed by atoms with Gasteiger partial charge in [0, 0.05) is 37.4 Å². The van der Waals surface area contributed by atoms with Gasteiger partial charge in [0.05, 0.1) is 12.2 Å². The number of anilines is 2. The van der Waals surface area contributed by atoms with Gasteiger partial charge in [-0.2, -0.15) is 0 Å². The third-order valence-electron chi connectivity index (χ3n) is 3.66. The maximum absolute atomic E-state index is 11.8. The van der Waals surface area contributed by atoms with Gasteiger partial charge in [0.15, 0.2) is 5.13 Å². The molecule has 0 saturated carbocycles. The van der Waals surface area contributed by atoms with Crippen molar-refractivity contribution < 1.29 is 9.53 Å². The first-order chi connectivity index (χ1) is 11.6. The summed E-state index contributed by atoms with van der Waals surface area (Å²) in [6, 6.07) is 3.70. The molecule has 2 aromatic heterocycles. The third-order valence-corrected chi connectivity index (χ3v) is 4.35. The van der Waals surface area contributed by atoms with Crippen LogP contribution in [0.25, 0.3) is 0 Å². The number of hydrogen-bond acceptors (Lipinski definition) is 6. The van der Waals surface area contributed by atoms with Crippen molar-refractivity contribution >= 4 is 28.3 Å². The predicted octanol–water partition coefficient (Wildman–Crippen LogP) is 2.47. The number of nitrogens with zero attached hydrogens (tertiary/aromatic N) is 3. The summed E-state index contributed by atoms with van der Waals surface area (Å²) in [5.74, 6) is 0.938. The summed E-state index contributed by atoms with van der Waals surface area (Å²) in [6.45, 7) is 6.24. The molecule has 0 radical (unpaired) electrons. The van der Waals surface area contributed by atoms with Crippen LogP contribution in [0.4, 0.5) is 15.7 Å². The van der Waals surface area contributed by atoms with E-state index in [0.29, 0.717) is 11.7 Å². The highest BCUT2D eigenvalue weighted by Gasteiger charge is 2.22. The van der Waals surface area contributed by atoms with E-state index < -0.39 is 0 Å². The van der Waals surface area contributed by atoms with Crippen molar-refractivity contribution in [3.63, 3.8) is 0 Å². The zero-order valence-electron chi connectivity index (χ0n) is 13.7. The molecule has 8 heteroatoms. The van der Waals surface area contributed by atoms with Crippen LogP contribution >= 0.6 is 11.3 Å². The lowest BCUT2D eigenvalue weighted by atomic mass is 10.2. The van der Waals surface area contributed by atoms with Crippen LogP contribution in [-0.2, 0) is 11.3 Å². The van der Waals surface area contributed by atoms with E-state index in [0.717, 1.165) is 24.5 Å². The highest BCUT2D eigenvalue weighted by molar-refractivity contribution is 7.13. The minimum atomic E-state index is -0.273. The quantitative estimate of drug-likeness (QED) is 0.888. The zero-order chi connectivity index (χ0) is 16.9. The Bertz CT molecular complexity index is 652. The Morgan fingerprint density at radius 2 is 2.12 bits per heavy atom. The summed E-state index contributed by atoms with van der Waals surface area (Å²) in [6.07, 6.45) is 3.85. The molecule has 128 valence electrons. The highest BCUT2D eigenvalue weighted by atomic mass is 32.1. The van der Waals surface area contributed by atoms with Gasteiger partial charge in [0.25, 0.3) is 0 Å². The van der Waals surface area contributed by atoms with E-state index in [2.05, 4.69) is 39.3 Å². The number of nitrogens with one attached hydrogen (secondary N) is 2. The van der Waals surface area contributed by atoms with Gasteiger partial charge in [0.1, 0.15) is 5.82 Å². The normalized spacial score (nSPS) is 20.7. The second-order valence-electron chi connectivity index (χ2n) is 5.83. The van der Waals surface area contributed by atoms with Crippen LogP contribution in [0.15, 0.2) is 29.9 Å². The van der Waals surface area contributed by atoms with E-state index in [-0.39, 0.29) is 18.2 Å². The van der Waals surface area contributed by atoms with Gasteiger partial charge in [-0.15, -0.1) is 11.3 Å². The fourth-order valence-electron chi connectivity index (χ4n) is 2.68. The first-order valence-electron chi connectivity index (χ1n) is 7.90. The number of pyridine rings is 1. The van der Waals surface area contributed by atoms with E-state index in [1.165, 1.54) is 11.3 Å². The Hall–Kier alpha value is -2.19. The molecule has 0 bridgehead atoms. The van der Waals surface area contributed by atoms with Gasteiger partial charge in [-0.3, -0.25) is 5.32 Å². The molecule has 1 saturated heterocycles. The lowest BCUT2D eigenvalue weighted by Crippen LogP contribution is -2.45. The molecule has 0 aliphatic carbocycles. The molecule has 7 nitrogen and oxygen atoms in total. The molecular weight excluding hydrogens is 326 g/mol. The second-order valence-corrected chi connectivity index (χ2v) is 6.73. The number of rotatable bonds is 4. The number of carbonyl (C=O) groups excluding carboxylic acids is 1. The summed E-state index contributed by atoms with van der Waals surface area (Å²) >= 11 is 1.38. The predicted molar refractivity (Wildman–Crippen MR) is 94.4 cm³/mol. The van der Waals surface area contributed by atoms with Crippen LogP contribution in [0.2, 0.25) is 0 Å². The molecule has 2 aromatic rings. The minimum absolute atomic E-state index is 0.200. The van der Waals surface area contributed by atoms with Crippen LogP contribution < -0.4 is 15.5 Å². The standard InChI is InChI=1S/C16H21N5O2S/c1-11-9-21(10-12(2)23-11)14-4-3-13(7-18-14)8-19-15(22)20-16-17-5-6-24-16/h3-7,11-12H,8-10H2,1-2H3,(H2,17,19,20,22)/t11-,12-/m0/s1. The Morgan fingerprint density at radius 1 is 1.33 bits per heavy atom. The average molecular weight is 347 g/mol. The van der Waals surface area contributed by atoms with Crippen LogP contribution in [0, 0.1) is 0 Å². The van der Waals surface area contributed by atoms with E-state index in [1.807, 2.05) is 17.5 Å². The van der Waals surface area contributed by atoms with E-state index in [9.17, 15) is 4.79 Å². The van der Waals surface area contributed by atoms with Gasteiger partial charge in [0.2, 0.25) is 0 Å². The first kappa shape index (κ1) is 16.7. The van der Waals surface area contributed by atoms with Crippen molar-refractivity contribution in [1.29, 1.82) is 0 Å². The lowest BCUT2D eigenvalue weighted by molar-refractivity contribution is -0.00546. The maximum atomic E-state index is 11.8. The number of urea groups is 1. The number of carbonyl (C=O) groups is 1. The number of aromatic nitrogens is 2. The van der Waals surface area contributed by atoms with Crippen LogP contribution in [0.3, 0.4) is 0 Å². The van der Waals surface area contributed by atoms with E-state index in [4.69, 9.17) is 4.74 Å². The Kier molecular flexibility index (Phi) is 5.27. The largest absolute Gasteiger partial charge is 0.372 e. The molecule has 3 heterocycles. The summed E-state index contributed by atoms with van der Waals surface area (Å²) in [4.78, 5) is 22.5. The van der Waals surface area contributed by atoms with Crippen molar-refractivity contribution in [2.24, 2.45) is 0 Å². The number of amides is 2. The van der Waals surface area contributed by atoms with Gasteiger partial charge in [-0.1, -0.05) is 6.07 Å². The van der Waals surface area contributed by atoms with Gasteiger partial charge in [-0.05, 0) is 25.5 Å². The SMILES string of the molecule is C[C@H]1CN(c2ccc(CNC(=O)Nc3nccs3)cn2)C[C@H](C)O1. The van der Waals surface area contributed by atoms with Crippen molar-refractivity contribution in [2.45, 2.75) is 32.6 Å². The molecule has 1 aliphatic heterocycles. The molecule has 24 heavy (non-hydrogen) atoms. The van der Waals surface area contributed by atoms with Crippen LogP contribution in [0.1, 0.15) is 19.4 Å². The Morgan fingerprint density at radius 3 is 2.75 bits per heavy atom. The van der Waals surface area contributed by atoms with Gasteiger partial charge >= 0.3 is 6.03 Å². The minimum Gasteiger partial charge on any atom is -0.372 e. The fourth-order valence-corrected chi connectivity index (χ4v) is 3.21. The zero-order valence-corrected chi connectivity index (χ0v) is 14.5. The Balaban J connectivity index is 1.52. The summed E-state index contributed by atoms with van der Waals surface area (Å²) in [5, 5.41) is 7.86. The number of thiazole rings is 1. The van der Waals surface area contributed by atoms with Gasteiger partial charge in [-0.25, -0.2) is 14.8 Å². The lowest BCUT2D eigenvalue weighted by Gasteiger charge is -2.36. The summed E-state index contributed by atoms with van der Waals surface area (Å²) in [5.41, 5.74) is 0.947. The average Bonchev–Trinajstić information content (AvgIpc) is 3.05. The summed E-state index contributed by atoms with van der Waals surface area (Å²) < 4.78 is 5.74. The summed E-state index contributed by atoms with van der Waals surface area (Å²) in [7, 11) is 0. The molecular formula is C16H21N5O2S. The van der Waals surface area contributed by atoms with Crippen molar-refractivity contribution in [3.05, 3.63) is 35.5 Å². The number of hydrogen-bond donors (Lipinski definition) is 2. The molecule has 2 N–H and O–H groups in total. The van der Waals surface area contributed by atoms with Crippen LogP contribution in [-0.4, -0.2) is 41.3 Å². The smallest absolute Gasteiger partial charge is 0.321 e. The van der Waals surface area contributed by atoms with E-state index in [1.54, 1.807) is 12.4 Å². The maximum Gasteiger partial charge on any atom is 0.321 e. The number of ether oxygens (including phenoxy) is 1. The molecule has 3 rings (SSSR count). The van der Waals surface area contributed by atoms with Crippen molar-refractivity contribution in [1.82, 2.24) is 15.3 Å². The molecule has 1 aliphatic rings. The first-order valence-corrected chi connectivity index (χ1v) is 8.78. The monoisotopic (exact) mass is 347 g/mol. The number of morpholine rings is 1. The van der Waals surface area contributed by atoms with Crippen molar-refractivity contribution in [3.8, 4) is 0 Å². The highest BCUT2D eigenvalue weighted by Crippen LogP contribution is 2.18. The second kappa shape index (κ2) is 7.59. The molecule has 0 aromatic carbocycles. The third kappa shape index (κ3) is 4.42. The van der Waals surface area contributed by atoms with Gasteiger partial charge < -0.3 is 15.0 Å². The Labute approximate surface area is 145 Å². The molecule has 2 amide bonds.